The lowest BCUT2D eigenvalue weighted by Gasteiger charge is -2.09. The van der Waals surface area contributed by atoms with Crippen LogP contribution in [0.4, 0.5) is 5.82 Å². The van der Waals surface area contributed by atoms with Gasteiger partial charge in [0, 0.05) is 18.7 Å². The van der Waals surface area contributed by atoms with Crippen LogP contribution in [-0.4, -0.2) is 29.9 Å². The summed E-state index contributed by atoms with van der Waals surface area (Å²) < 4.78 is 28.9. The van der Waals surface area contributed by atoms with Gasteiger partial charge in [-0.2, -0.15) is 5.10 Å². The smallest absolute Gasteiger partial charge is 0.264 e. The van der Waals surface area contributed by atoms with E-state index < -0.39 is 10.0 Å². The number of benzene rings is 1. The van der Waals surface area contributed by atoms with Gasteiger partial charge in [0.15, 0.2) is 0 Å². The van der Waals surface area contributed by atoms with Crippen LogP contribution in [-0.2, 0) is 17.1 Å². The van der Waals surface area contributed by atoms with Gasteiger partial charge in [-0.25, -0.2) is 8.42 Å². The number of anilines is 1. The molecule has 2 rings (SSSR count). The predicted octanol–water partition coefficient (Wildman–Crippen LogP) is 0.873. The maximum Gasteiger partial charge on any atom is 0.264 e. The molecule has 0 fully saturated rings. The SMILES string of the molecule is Cc1cc(NS(=O)(=O)c2ccccc2C#CCO)n(C)n1. The minimum absolute atomic E-state index is 0.0600. The second-order valence-corrected chi connectivity index (χ2v) is 6.01. The Hall–Kier alpha value is -2.30. The van der Waals surface area contributed by atoms with E-state index in [4.69, 9.17) is 5.11 Å². The Morgan fingerprint density at radius 2 is 2.10 bits per heavy atom. The van der Waals surface area contributed by atoms with Gasteiger partial charge in [0.05, 0.1) is 5.69 Å². The largest absolute Gasteiger partial charge is 0.384 e. The van der Waals surface area contributed by atoms with Gasteiger partial charge >= 0.3 is 0 Å². The predicted molar refractivity (Wildman–Crippen MR) is 79.2 cm³/mol. The fourth-order valence-corrected chi connectivity index (χ4v) is 3.08. The molecule has 0 amide bonds. The van der Waals surface area contributed by atoms with E-state index >= 15 is 0 Å². The molecule has 0 saturated carbocycles. The normalized spacial score (nSPS) is 10.8. The number of rotatable bonds is 3. The van der Waals surface area contributed by atoms with Crippen LogP contribution in [0.3, 0.4) is 0 Å². The highest BCUT2D eigenvalue weighted by Crippen LogP contribution is 2.19. The van der Waals surface area contributed by atoms with Gasteiger partial charge in [-0.05, 0) is 19.1 Å². The molecule has 21 heavy (non-hydrogen) atoms. The van der Waals surface area contributed by atoms with E-state index in [1.54, 1.807) is 38.2 Å². The highest BCUT2D eigenvalue weighted by Gasteiger charge is 2.19. The zero-order chi connectivity index (χ0) is 15.5. The number of aryl methyl sites for hydroxylation is 2. The third-order valence-corrected chi connectivity index (χ3v) is 4.13. The highest BCUT2D eigenvalue weighted by molar-refractivity contribution is 7.92. The van der Waals surface area contributed by atoms with Crippen LogP contribution in [0.15, 0.2) is 35.2 Å². The average molecular weight is 305 g/mol. The van der Waals surface area contributed by atoms with E-state index in [0.717, 1.165) is 0 Å². The summed E-state index contributed by atoms with van der Waals surface area (Å²) in [4.78, 5) is 0.0600. The van der Waals surface area contributed by atoms with Gasteiger partial charge in [-0.15, -0.1) is 0 Å². The standard InChI is InChI=1S/C14H15N3O3S/c1-11-10-14(17(2)15-11)16-21(19,20)13-8-4-3-6-12(13)7-5-9-18/h3-4,6,8,10,16,18H,9H2,1-2H3. The molecule has 6 nitrogen and oxygen atoms in total. The van der Waals surface area contributed by atoms with Gasteiger partial charge in [-0.1, -0.05) is 24.0 Å². The van der Waals surface area contributed by atoms with Crippen LogP contribution in [0.2, 0.25) is 0 Å². The molecule has 0 atom stereocenters. The quantitative estimate of drug-likeness (QED) is 0.824. The number of aromatic nitrogens is 2. The van der Waals surface area contributed by atoms with E-state index in [2.05, 4.69) is 21.7 Å². The summed E-state index contributed by atoms with van der Waals surface area (Å²) in [6.45, 7) is 1.45. The third kappa shape index (κ3) is 3.42. The zero-order valence-corrected chi connectivity index (χ0v) is 12.5. The lowest BCUT2D eigenvalue weighted by atomic mass is 10.2. The Morgan fingerprint density at radius 3 is 2.71 bits per heavy atom. The van der Waals surface area contributed by atoms with Gasteiger partial charge in [0.2, 0.25) is 0 Å². The van der Waals surface area contributed by atoms with Crippen molar-refractivity contribution in [2.75, 3.05) is 11.3 Å². The molecule has 0 spiro atoms. The second kappa shape index (κ2) is 5.99. The third-order valence-electron chi connectivity index (χ3n) is 2.72. The number of hydrogen-bond acceptors (Lipinski definition) is 4. The molecule has 0 unspecified atom stereocenters. The number of sulfonamides is 1. The highest BCUT2D eigenvalue weighted by atomic mass is 32.2. The van der Waals surface area contributed by atoms with Crippen molar-refractivity contribution in [2.24, 2.45) is 7.05 Å². The van der Waals surface area contributed by atoms with Gasteiger partial charge in [0.1, 0.15) is 17.3 Å². The molecule has 2 N–H and O–H groups in total. The first-order valence-corrected chi connectivity index (χ1v) is 7.64. The Labute approximate surface area is 123 Å². The molecule has 1 aromatic heterocycles. The molecular formula is C14H15N3O3S. The van der Waals surface area contributed by atoms with E-state index in [-0.39, 0.29) is 11.5 Å². The molecule has 110 valence electrons. The molecular weight excluding hydrogens is 290 g/mol. The number of nitrogens with one attached hydrogen (secondary N) is 1. The molecule has 0 bridgehead atoms. The summed E-state index contributed by atoms with van der Waals surface area (Å²) in [6, 6.07) is 8.00. The van der Waals surface area contributed by atoms with Crippen LogP contribution in [0, 0.1) is 18.8 Å². The molecule has 1 heterocycles. The molecule has 0 aliphatic rings. The number of hydrogen-bond donors (Lipinski definition) is 2. The molecule has 7 heteroatoms. The molecule has 0 saturated heterocycles. The molecule has 2 aromatic rings. The maximum atomic E-state index is 12.5. The number of nitrogens with zero attached hydrogens (tertiary/aromatic N) is 2. The van der Waals surface area contributed by atoms with E-state index in [9.17, 15) is 8.42 Å². The first-order valence-electron chi connectivity index (χ1n) is 6.16. The van der Waals surface area contributed by atoms with Crippen LogP contribution in [0.1, 0.15) is 11.3 Å². The fraction of sp³-hybridized carbons (Fsp3) is 0.214. The summed E-state index contributed by atoms with van der Waals surface area (Å²) in [6.07, 6.45) is 0. The minimum Gasteiger partial charge on any atom is -0.384 e. The van der Waals surface area contributed by atoms with Gasteiger partial charge in [-0.3, -0.25) is 9.40 Å². The monoisotopic (exact) mass is 305 g/mol. The van der Waals surface area contributed by atoms with Crippen molar-refractivity contribution >= 4 is 15.8 Å². The van der Waals surface area contributed by atoms with Crippen molar-refractivity contribution in [3.05, 3.63) is 41.6 Å². The van der Waals surface area contributed by atoms with E-state index in [1.807, 2.05) is 0 Å². The zero-order valence-electron chi connectivity index (χ0n) is 11.7. The molecule has 0 radical (unpaired) electrons. The summed E-state index contributed by atoms with van der Waals surface area (Å²) in [5, 5.41) is 12.8. The number of aliphatic hydroxyl groups excluding tert-OH is 1. The second-order valence-electron chi connectivity index (χ2n) is 4.36. The Balaban J connectivity index is 2.43. The van der Waals surface area contributed by atoms with E-state index in [1.165, 1.54) is 10.7 Å². The topological polar surface area (TPSA) is 84.2 Å². The van der Waals surface area contributed by atoms with Crippen molar-refractivity contribution in [3.63, 3.8) is 0 Å². The van der Waals surface area contributed by atoms with Crippen molar-refractivity contribution in [1.82, 2.24) is 9.78 Å². The van der Waals surface area contributed by atoms with Crippen LogP contribution < -0.4 is 4.72 Å². The van der Waals surface area contributed by atoms with Gasteiger partial charge < -0.3 is 5.11 Å². The van der Waals surface area contributed by atoms with E-state index in [0.29, 0.717) is 17.1 Å². The van der Waals surface area contributed by atoms with Crippen molar-refractivity contribution in [2.45, 2.75) is 11.8 Å². The molecule has 0 aliphatic heterocycles. The minimum atomic E-state index is -3.78. The fourth-order valence-electron chi connectivity index (χ4n) is 1.84. The van der Waals surface area contributed by atoms with Crippen LogP contribution >= 0.6 is 0 Å². The lowest BCUT2D eigenvalue weighted by Crippen LogP contribution is -2.16. The average Bonchev–Trinajstić information content (AvgIpc) is 2.74. The van der Waals surface area contributed by atoms with Crippen molar-refractivity contribution < 1.29 is 13.5 Å². The van der Waals surface area contributed by atoms with Crippen LogP contribution in [0.5, 0.6) is 0 Å². The van der Waals surface area contributed by atoms with Crippen LogP contribution in [0.25, 0.3) is 0 Å². The van der Waals surface area contributed by atoms with Crippen molar-refractivity contribution in [3.8, 4) is 11.8 Å². The number of aliphatic hydroxyl groups is 1. The molecule has 0 aliphatic carbocycles. The maximum absolute atomic E-state index is 12.5. The summed E-state index contributed by atoms with van der Waals surface area (Å²) >= 11 is 0. The first kappa shape index (κ1) is 15.1. The first-order chi connectivity index (χ1) is 9.94. The molecule has 1 aromatic carbocycles. The summed E-state index contributed by atoms with van der Waals surface area (Å²) in [5.74, 6) is 5.46. The Kier molecular flexibility index (Phi) is 4.31. The van der Waals surface area contributed by atoms with Crippen molar-refractivity contribution in [1.29, 1.82) is 0 Å². The Morgan fingerprint density at radius 1 is 1.38 bits per heavy atom. The summed E-state index contributed by atoms with van der Waals surface area (Å²) in [5.41, 5.74) is 1.04. The lowest BCUT2D eigenvalue weighted by molar-refractivity contribution is 0.350. The van der Waals surface area contributed by atoms with Gasteiger partial charge in [0.25, 0.3) is 10.0 Å². The summed E-state index contributed by atoms with van der Waals surface area (Å²) in [7, 11) is -2.12. The Bertz CT molecular complexity index is 813.